The Bertz CT molecular complexity index is 1420. The maximum atomic E-state index is 13.2. The Labute approximate surface area is 235 Å². The highest BCUT2D eigenvalue weighted by Gasteiger charge is 2.29. The first-order chi connectivity index (χ1) is 19.2. The van der Waals surface area contributed by atoms with Crippen molar-refractivity contribution in [2.24, 2.45) is 0 Å². The number of hydrogen-bond donors (Lipinski definition) is 2. The molecule has 3 aromatic rings. The summed E-state index contributed by atoms with van der Waals surface area (Å²) in [6.45, 7) is 2.00. The highest BCUT2D eigenvalue weighted by molar-refractivity contribution is 6.37. The molecule has 0 saturated heterocycles. The molecule has 9 nitrogen and oxygen atoms in total. The molecule has 2 N–H and O–H groups in total. The molecule has 0 radical (unpaired) electrons. The Morgan fingerprint density at radius 3 is 2.23 bits per heavy atom. The van der Waals surface area contributed by atoms with E-state index < -0.39 is 5.97 Å². The lowest BCUT2D eigenvalue weighted by Gasteiger charge is -2.23. The zero-order valence-corrected chi connectivity index (χ0v) is 23.5. The summed E-state index contributed by atoms with van der Waals surface area (Å²) in [5.74, 6) is -0.747. The van der Waals surface area contributed by atoms with Gasteiger partial charge in [0, 0.05) is 37.1 Å². The molecule has 0 fully saturated rings. The van der Waals surface area contributed by atoms with Crippen LogP contribution in [0.1, 0.15) is 21.5 Å². The molecule has 0 unspecified atom stereocenters. The lowest BCUT2D eigenvalue weighted by atomic mass is 9.99. The lowest BCUT2D eigenvalue weighted by Crippen LogP contribution is -2.39. The molecule has 0 spiro atoms. The van der Waals surface area contributed by atoms with Gasteiger partial charge in [-0.25, -0.2) is 4.79 Å². The second-order valence-corrected chi connectivity index (χ2v) is 9.99. The number of ether oxygens (including phenoxy) is 1. The van der Waals surface area contributed by atoms with Crippen LogP contribution in [0, 0.1) is 0 Å². The Kier molecular flexibility index (Phi) is 8.98. The standard InChI is InChI=1S/C31H35N5O4/c1-34(2)17-18-35(3)20-27(37)36(4)24-14-12-23(13-15-24)32-29(21-9-7-6-8-10-21)28-25-16-11-22(31(39)40-5)19-26(25)33-30(28)38/h6-16,19,32H,17-18,20H2,1-5H3,(H,33,38)/b29-28-. The van der Waals surface area contributed by atoms with Crippen molar-refractivity contribution in [1.29, 1.82) is 0 Å². The summed E-state index contributed by atoms with van der Waals surface area (Å²) in [5, 5.41) is 6.30. The average molecular weight is 542 g/mol. The van der Waals surface area contributed by atoms with Crippen LogP contribution in [0.25, 0.3) is 11.3 Å². The second-order valence-electron chi connectivity index (χ2n) is 9.99. The summed E-state index contributed by atoms with van der Waals surface area (Å²) in [4.78, 5) is 43.8. The van der Waals surface area contributed by atoms with Gasteiger partial charge in [-0.15, -0.1) is 0 Å². The van der Waals surface area contributed by atoms with Gasteiger partial charge in [-0.05, 0) is 63.1 Å². The molecule has 0 bridgehead atoms. The second kappa shape index (κ2) is 12.6. The van der Waals surface area contributed by atoms with Crippen LogP contribution in [0.3, 0.4) is 0 Å². The normalized spacial score (nSPS) is 13.6. The predicted octanol–water partition coefficient (Wildman–Crippen LogP) is 3.86. The average Bonchev–Trinajstić information content (AvgIpc) is 3.29. The molecule has 9 heteroatoms. The molecule has 0 saturated carbocycles. The molecule has 40 heavy (non-hydrogen) atoms. The van der Waals surface area contributed by atoms with E-state index in [4.69, 9.17) is 4.74 Å². The van der Waals surface area contributed by atoms with Crippen LogP contribution in [-0.4, -0.2) is 82.5 Å². The minimum atomic E-state index is -0.473. The highest BCUT2D eigenvalue weighted by Crippen LogP contribution is 2.38. The number of likely N-dealkylation sites (N-methyl/N-ethyl adjacent to an activating group) is 3. The minimum absolute atomic E-state index is 0.000356. The SMILES string of the molecule is COC(=O)c1ccc2c(c1)NC(=O)/C2=C(\Nc1ccc(N(C)C(=O)CN(C)CCN(C)C)cc1)c1ccccc1. The van der Waals surface area contributed by atoms with Gasteiger partial charge in [0.05, 0.1) is 36.2 Å². The van der Waals surface area contributed by atoms with Crippen LogP contribution < -0.4 is 15.5 Å². The van der Waals surface area contributed by atoms with Crippen LogP contribution >= 0.6 is 0 Å². The number of benzene rings is 3. The number of hydrogen-bond acceptors (Lipinski definition) is 7. The number of nitrogens with zero attached hydrogens (tertiary/aromatic N) is 3. The molecule has 0 atom stereocenters. The number of esters is 1. The maximum Gasteiger partial charge on any atom is 0.337 e. The van der Waals surface area contributed by atoms with E-state index in [1.807, 2.05) is 80.6 Å². The van der Waals surface area contributed by atoms with Crippen molar-refractivity contribution in [2.75, 3.05) is 70.5 Å². The van der Waals surface area contributed by atoms with Gasteiger partial charge in [-0.2, -0.15) is 0 Å². The van der Waals surface area contributed by atoms with Crippen molar-refractivity contribution in [1.82, 2.24) is 9.80 Å². The van der Waals surface area contributed by atoms with Gasteiger partial charge in [0.2, 0.25) is 5.91 Å². The van der Waals surface area contributed by atoms with E-state index >= 15 is 0 Å². The molecule has 1 heterocycles. The Balaban J connectivity index is 1.60. The number of nitrogens with one attached hydrogen (secondary N) is 2. The third-order valence-electron chi connectivity index (χ3n) is 6.73. The third kappa shape index (κ3) is 6.56. The number of fused-ring (bicyclic) bond motifs is 1. The van der Waals surface area contributed by atoms with Crippen molar-refractivity contribution in [3.05, 3.63) is 89.5 Å². The number of rotatable bonds is 10. The molecule has 4 rings (SSSR count). The summed E-state index contributed by atoms with van der Waals surface area (Å²) in [5.41, 5.74) is 5.03. The smallest absolute Gasteiger partial charge is 0.337 e. The summed E-state index contributed by atoms with van der Waals surface area (Å²) in [6.07, 6.45) is 0. The fourth-order valence-electron chi connectivity index (χ4n) is 4.39. The van der Waals surface area contributed by atoms with E-state index in [2.05, 4.69) is 15.5 Å². The largest absolute Gasteiger partial charge is 0.465 e. The van der Waals surface area contributed by atoms with Crippen LogP contribution in [0.15, 0.2) is 72.8 Å². The quantitative estimate of drug-likeness (QED) is 0.297. The predicted molar refractivity (Wildman–Crippen MR) is 159 cm³/mol. The summed E-state index contributed by atoms with van der Waals surface area (Å²) in [7, 11) is 9.05. The van der Waals surface area contributed by atoms with E-state index in [1.165, 1.54) is 7.11 Å². The van der Waals surface area contributed by atoms with Crippen molar-refractivity contribution >= 4 is 46.1 Å². The van der Waals surface area contributed by atoms with Crippen LogP contribution in [0.2, 0.25) is 0 Å². The first-order valence-electron chi connectivity index (χ1n) is 13.0. The van der Waals surface area contributed by atoms with Crippen molar-refractivity contribution in [3.8, 4) is 0 Å². The summed E-state index contributed by atoms with van der Waals surface area (Å²) >= 11 is 0. The van der Waals surface area contributed by atoms with Gasteiger partial charge in [-0.1, -0.05) is 36.4 Å². The summed E-state index contributed by atoms with van der Waals surface area (Å²) < 4.78 is 4.82. The van der Waals surface area contributed by atoms with E-state index in [0.717, 1.165) is 30.0 Å². The fourth-order valence-corrected chi connectivity index (χ4v) is 4.39. The molecule has 208 valence electrons. The number of anilines is 3. The zero-order chi connectivity index (χ0) is 28.8. The van der Waals surface area contributed by atoms with Gasteiger partial charge in [0.1, 0.15) is 0 Å². The lowest BCUT2D eigenvalue weighted by molar-refractivity contribution is -0.119. The van der Waals surface area contributed by atoms with Gasteiger partial charge in [0.25, 0.3) is 5.91 Å². The molecular weight excluding hydrogens is 506 g/mol. The number of amides is 2. The van der Waals surface area contributed by atoms with Crippen molar-refractivity contribution in [3.63, 3.8) is 0 Å². The van der Waals surface area contributed by atoms with Crippen molar-refractivity contribution < 1.29 is 19.1 Å². The molecule has 1 aliphatic heterocycles. The van der Waals surface area contributed by atoms with Gasteiger partial charge in [0.15, 0.2) is 0 Å². The van der Waals surface area contributed by atoms with E-state index in [0.29, 0.717) is 34.6 Å². The van der Waals surface area contributed by atoms with Crippen LogP contribution in [0.5, 0.6) is 0 Å². The molecule has 0 aliphatic carbocycles. The molecular formula is C31H35N5O4. The number of methoxy groups -OCH3 is 1. The molecule has 2 amide bonds. The first kappa shape index (κ1) is 28.5. The van der Waals surface area contributed by atoms with Gasteiger partial charge < -0.3 is 25.2 Å². The molecule has 0 aromatic heterocycles. The highest BCUT2D eigenvalue weighted by atomic mass is 16.5. The Morgan fingerprint density at radius 1 is 0.875 bits per heavy atom. The van der Waals surface area contributed by atoms with Crippen molar-refractivity contribution in [2.45, 2.75) is 0 Å². The van der Waals surface area contributed by atoms with Gasteiger partial charge in [-0.3, -0.25) is 14.5 Å². The fraction of sp³-hybridized carbons (Fsp3) is 0.258. The van der Waals surface area contributed by atoms with Crippen LogP contribution in [0.4, 0.5) is 17.1 Å². The molecule has 3 aromatic carbocycles. The zero-order valence-electron chi connectivity index (χ0n) is 23.5. The topological polar surface area (TPSA) is 94.2 Å². The first-order valence-corrected chi connectivity index (χ1v) is 13.0. The van der Waals surface area contributed by atoms with E-state index in [1.54, 1.807) is 30.1 Å². The van der Waals surface area contributed by atoms with E-state index in [9.17, 15) is 14.4 Å². The third-order valence-corrected chi connectivity index (χ3v) is 6.73. The number of carbonyl (C=O) groups is 3. The number of carbonyl (C=O) groups excluding carboxylic acids is 3. The molecule has 1 aliphatic rings. The monoisotopic (exact) mass is 541 g/mol. The van der Waals surface area contributed by atoms with Crippen LogP contribution in [-0.2, 0) is 14.3 Å². The maximum absolute atomic E-state index is 13.2. The summed E-state index contributed by atoms with van der Waals surface area (Å²) in [6, 6.07) is 22.1. The minimum Gasteiger partial charge on any atom is -0.465 e. The van der Waals surface area contributed by atoms with Gasteiger partial charge >= 0.3 is 5.97 Å². The Morgan fingerprint density at radius 2 is 1.57 bits per heavy atom. The van der Waals surface area contributed by atoms with E-state index in [-0.39, 0.29) is 11.8 Å². The Hall–Kier alpha value is -4.47.